The van der Waals surface area contributed by atoms with Gasteiger partial charge >= 0.3 is 0 Å². The van der Waals surface area contributed by atoms with E-state index in [2.05, 4.69) is 5.32 Å². The zero-order valence-electron chi connectivity index (χ0n) is 18.6. The molecule has 0 saturated heterocycles. The number of phenols is 1. The van der Waals surface area contributed by atoms with Crippen molar-refractivity contribution >= 4 is 35.3 Å². The van der Waals surface area contributed by atoms with Crippen molar-refractivity contribution in [1.29, 1.82) is 0 Å². The molecule has 0 radical (unpaired) electrons. The van der Waals surface area contributed by atoms with Crippen LogP contribution in [0, 0.1) is 0 Å². The highest BCUT2D eigenvalue weighted by atomic mass is 16.3. The Morgan fingerprint density at radius 2 is 1.32 bits per heavy atom. The summed E-state index contributed by atoms with van der Waals surface area (Å²) in [4.78, 5) is 36.4. The van der Waals surface area contributed by atoms with Crippen LogP contribution in [0.25, 0.3) is 12.2 Å². The third-order valence-corrected chi connectivity index (χ3v) is 4.98. The number of benzene rings is 3. The maximum absolute atomic E-state index is 12.3. The van der Waals surface area contributed by atoms with Gasteiger partial charge in [0, 0.05) is 5.69 Å². The number of carbonyl (C=O) groups is 3. The molecule has 172 valence electrons. The van der Waals surface area contributed by atoms with Gasteiger partial charge in [0.15, 0.2) is 11.6 Å². The van der Waals surface area contributed by atoms with Crippen molar-refractivity contribution < 1.29 is 19.5 Å². The monoisotopic (exact) mass is 454 g/mol. The average Bonchev–Trinajstić information content (AvgIpc) is 2.84. The summed E-state index contributed by atoms with van der Waals surface area (Å²) < 4.78 is 0. The van der Waals surface area contributed by atoms with Crippen molar-refractivity contribution in [3.05, 3.63) is 108 Å². The van der Waals surface area contributed by atoms with Gasteiger partial charge in [-0.25, -0.2) is 0 Å². The van der Waals surface area contributed by atoms with Gasteiger partial charge in [0.1, 0.15) is 5.75 Å². The number of ketones is 2. The van der Waals surface area contributed by atoms with Crippen LogP contribution in [0.3, 0.4) is 0 Å². The van der Waals surface area contributed by atoms with E-state index in [4.69, 9.17) is 5.73 Å². The minimum absolute atomic E-state index is 0.144. The second-order valence-corrected chi connectivity index (χ2v) is 7.78. The number of nitrogens with two attached hydrogens (primary N) is 1. The van der Waals surface area contributed by atoms with Crippen molar-refractivity contribution in [3.63, 3.8) is 0 Å². The van der Waals surface area contributed by atoms with E-state index in [-0.39, 0.29) is 29.6 Å². The van der Waals surface area contributed by atoms with E-state index < -0.39 is 6.04 Å². The molecular weight excluding hydrogens is 428 g/mol. The zero-order valence-corrected chi connectivity index (χ0v) is 18.6. The lowest BCUT2D eigenvalue weighted by Gasteiger charge is -2.12. The molecule has 0 bridgehead atoms. The Morgan fingerprint density at radius 3 is 1.88 bits per heavy atom. The number of aromatic hydroxyl groups is 1. The maximum atomic E-state index is 12.3. The first-order valence-electron chi connectivity index (χ1n) is 10.8. The molecule has 1 amide bonds. The summed E-state index contributed by atoms with van der Waals surface area (Å²) in [6, 6.07) is 22.3. The SMILES string of the molecule is N[C@H](Cc1ccccc1)C(=O)Nc1ccc(/C=C/C(=O)CC(=O)/C=C/c2ccc(O)cc2)cc1. The Morgan fingerprint density at radius 1 is 0.794 bits per heavy atom. The minimum Gasteiger partial charge on any atom is -0.508 e. The topological polar surface area (TPSA) is 109 Å². The molecule has 0 saturated carbocycles. The van der Waals surface area contributed by atoms with E-state index in [1.807, 2.05) is 30.3 Å². The molecule has 0 aliphatic carbocycles. The lowest BCUT2D eigenvalue weighted by molar-refractivity contribution is -0.122. The zero-order chi connectivity index (χ0) is 24.3. The lowest BCUT2D eigenvalue weighted by atomic mass is 10.1. The molecule has 0 aliphatic rings. The predicted molar refractivity (Wildman–Crippen MR) is 134 cm³/mol. The summed E-state index contributed by atoms with van der Waals surface area (Å²) in [6.07, 6.45) is 6.12. The quantitative estimate of drug-likeness (QED) is 0.315. The van der Waals surface area contributed by atoms with Crippen LogP contribution in [0.5, 0.6) is 5.75 Å². The van der Waals surface area contributed by atoms with E-state index in [0.29, 0.717) is 12.1 Å². The van der Waals surface area contributed by atoms with Crippen molar-refractivity contribution in [2.45, 2.75) is 18.9 Å². The average molecular weight is 455 g/mol. The van der Waals surface area contributed by atoms with Crippen LogP contribution in [-0.4, -0.2) is 28.6 Å². The van der Waals surface area contributed by atoms with E-state index in [0.717, 1.165) is 16.7 Å². The summed E-state index contributed by atoms with van der Waals surface area (Å²) >= 11 is 0. The molecule has 1 atom stereocenters. The second kappa shape index (κ2) is 12.1. The molecule has 0 unspecified atom stereocenters. The molecule has 0 aliphatic heterocycles. The molecule has 0 spiro atoms. The Labute approximate surface area is 198 Å². The van der Waals surface area contributed by atoms with Crippen LogP contribution in [-0.2, 0) is 20.8 Å². The van der Waals surface area contributed by atoms with E-state index in [9.17, 15) is 19.5 Å². The molecule has 3 rings (SSSR count). The van der Waals surface area contributed by atoms with Crippen molar-refractivity contribution in [1.82, 2.24) is 0 Å². The van der Waals surface area contributed by atoms with Gasteiger partial charge in [-0.3, -0.25) is 14.4 Å². The second-order valence-electron chi connectivity index (χ2n) is 7.78. The van der Waals surface area contributed by atoms with Gasteiger partial charge in [-0.2, -0.15) is 0 Å². The number of rotatable bonds is 10. The van der Waals surface area contributed by atoms with Crippen LogP contribution >= 0.6 is 0 Å². The molecule has 6 nitrogen and oxygen atoms in total. The smallest absolute Gasteiger partial charge is 0.241 e. The third kappa shape index (κ3) is 8.00. The summed E-state index contributed by atoms with van der Waals surface area (Å²) in [5.41, 5.74) is 9.11. The minimum atomic E-state index is -0.666. The van der Waals surface area contributed by atoms with Gasteiger partial charge < -0.3 is 16.2 Å². The van der Waals surface area contributed by atoms with E-state index in [1.165, 1.54) is 24.3 Å². The largest absolute Gasteiger partial charge is 0.508 e. The Balaban J connectivity index is 1.47. The highest BCUT2D eigenvalue weighted by Gasteiger charge is 2.14. The van der Waals surface area contributed by atoms with Crippen molar-refractivity contribution in [2.75, 3.05) is 5.32 Å². The molecule has 0 aromatic heterocycles. The molecule has 0 fully saturated rings. The van der Waals surface area contributed by atoms with E-state index in [1.54, 1.807) is 48.6 Å². The first kappa shape index (κ1) is 24.4. The summed E-state index contributed by atoms with van der Waals surface area (Å²) in [5.74, 6) is -0.760. The molecule has 4 N–H and O–H groups in total. The van der Waals surface area contributed by atoms with Gasteiger partial charge in [-0.15, -0.1) is 0 Å². The van der Waals surface area contributed by atoms with Crippen LogP contribution < -0.4 is 11.1 Å². The molecule has 0 heterocycles. The fraction of sp³-hybridized carbons (Fsp3) is 0.107. The van der Waals surface area contributed by atoms with Crippen molar-refractivity contribution in [3.8, 4) is 5.75 Å². The molecular formula is C28H26N2O4. The number of hydrogen-bond donors (Lipinski definition) is 3. The first-order valence-corrected chi connectivity index (χ1v) is 10.8. The maximum Gasteiger partial charge on any atom is 0.241 e. The Bertz CT molecular complexity index is 1180. The Hall–Kier alpha value is -4.29. The number of hydrogen-bond acceptors (Lipinski definition) is 5. The number of nitrogens with one attached hydrogen (secondary N) is 1. The van der Waals surface area contributed by atoms with E-state index >= 15 is 0 Å². The number of allylic oxidation sites excluding steroid dienone is 2. The first-order chi connectivity index (χ1) is 16.4. The fourth-order valence-corrected chi connectivity index (χ4v) is 3.13. The van der Waals surface area contributed by atoms with Crippen LogP contribution in [0.4, 0.5) is 5.69 Å². The summed E-state index contributed by atoms with van der Waals surface area (Å²) in [5, 5.41) is 12.1. The molecule has 6 heteroatoms. The number of anilines is 1. The summed E-state index contributed by atoms with van der Waals surface area (Å²) in [7, 11) is 0. The van der Waals surface area contributed by atoms with Gasteiger partial charge in [0.25, 0.3) is 0 Å². The molecule has 3 aromatic rings. The molecule has 3 aromatic carbocycles. The normalized spacial score (nSPS) is 12.0. The van der Waals surface area contributed by atoms with Gasteiger partial charge in [-0.1, -0.05) is 66.7 Å². The Kier molecular flexibility index (Phi) is 8.66. The number of amides is 1. The lowest BCUT2D eigenvalue weighted by Crippen LogP contribution is -2.37. The predicted octanol–water partition coefficient (Wildman–Crippen LogP) is 4.16. The van der Waals surface area contributed by atoms with Crippen LogP contribution in [0.15, 0.2) is 91.0 Å². The van der Waals surface area contributed by atoms with Crippen LogP contribution in [0.2, 0.25) is 0 Å². The van der Waals surface area contributed by atoms with Crippen molar-refractivity contribution in [2.24, 2.45) is 5.73 Å². The number of carbonyl (C=O) groups excluding carboxylic acids is 3. The fourth-order valence-electron chi connectivity index (χ4n) is 3.13. The highest BCUT2D eigenvalue weighted by molar-refractivity contribution is 6.10. The third-order valence-electron chi connectivity index (χ3n) is 4.98. The van der Waals surface area contributed by atoms with Crippen LogP contribution in [0.1, 0.15) is 23.1 Å². The van der Waals surface area contributed by atoms with Gasteiger partial charge in [0.2, 0.25) is 5.91 Å². The highest BCUT2D eigenvalue weighted by Crippen LogP contribution is 2.13. The number of phenolic OH excluding ortho intramolecular Hbond substituents is 1. The molecule has 34 heavy (non-hydrogen) atoms. The van der Waals surface area contributed by atoms with Gasteiger partial charge in [-0.05, 0) is 59.5 Å². The van der Waals surface area contributed by atoms with Gasteiger partial charge in [0.05, 0.1) is 12.5 Å². The summed E-state index contributed by atoms with van der Waals surface area (Å²) in [6.45, 7) is 0. The standard InChI is InChI=1S/C28H26N2O4/c29-27(18-22-4-2-1-3-5-22)28(34)30-23-12-6-20(7-13-23)10-16-25(32)19-26(33)17-11-21-8-14-24(31)15-9-21/h1-17,27,31H,18-19,29H2,(H,30,34)/b16-10+,17-11+/t27-/m1/s1.